The summed E-state index contributed by atoms with van der Waals surface area (Å²) in [4.78, 5) is 39.1. The normalized spacial score (nSPS) is 12.6. The molecule has 0 bridgehead atoms. The molecule has 174 valence electrons. The largest absolute Gasteiger partial charge is 0.287 e. The Bertz CT molecular complexity index is 818. The number of anilines is 1. The number of hydrogen-bond acceptors (Lipinski definition) is 4. The van der Waals surface area contributed by atoms with Gasteiger partial charge in [0.15, 0.2) is 5.12 Å². The van der Waals surface area contributed by atoms with E-state index in [0.717, 1.165) is 11.0 Å². The summed E-state index contributed by atoms with van der Waals surface area (Å²) in [7, 11) is 0. The monoisotopic (exact) mass is 455 g/mol. The molecule has 0 atom stereocenters. The van der Waals surface area contributed by atoms with Gasteiger partial charge in [0.2, 0.25) is 11.8 Å². The minimum Gasteiger partial charge on any atom is -0.287 e. The Labute approximate surface area is 189 Å². The van der Waals surface area contributed by atoms with E-state index < -0.39 is 34.3 Å². The van der Waals surface area contributed by atoms with Crippen LogP contribution in [0.2, 0.25) is 0 Å². The van der Waals surface area contributed by atoms with E-state index in [-0.39, 0.29) is 40.4 Å². The zero-order chi connectivity index (χ0) is 24.4. The fourth-order valence-corrected chi connectivity index (χ4v) is 3.91. The molecule has 4 nitrogen and oxygen atoms in total. The van der Waals surface area contributed by atoms with E-state index in [1.165, 1.54) is 0 Å². The first-order valence-electron chi connectivity index (χ1n) is 10.3. The van der Waals surface area contributed by atoms with Gasteiger partial charge in [-0.25, -0.2) is 13.7 Å². The van der Waals surface area contributed by atoms with Crippen molar-refractivity contribution in [2.75, 3.05) is 4.90 Å². The van der Waals surface area contributed by atoms with Gasteiger partial charge in [-0.2, -0.15) is 0 Å². The molecule has 0 saturated carbocycles. The van der Waals surface area contributed by atoms with Crippen LogP contribution in [-0.2, 0) is 14.4 Å². The van der Waals surface area contributed by atoms with Crippen molar-refractivity contribution in [3.63, 3.8) is 0 Å². The lowest BCUT2D eigenvalue weighted by atomic mass is 9.89. The van der Waals surface area contributed by atoms with Crippen LogP contribution in [-0.4, -0.2) is 16.9 Å². The molecule has 31 heavy (non-hydrogen) atoms. The molecule has 0 saturated heterocycles. The molecule has 0 heterocycles. The highest BCUT2D eigenvalue weighted by Crippen LogP contribution is 2.35. The highest BCUT2D eigenvalue weighted by atomic mass is 32.2. The molecule has 1 rings (SSSR count). The summed E-state index contributed by atoms with van der Waals surface area (Å²) in [5.41, 5.74) is -1.49. The fourth-order valence-electron chi connectivity index (χ4n) is 2.83. The van der Waals surface area contributed by atoms with E-state index in [4.69, 9.17) is 0 Å². The van der Waals surface area contributed by atoms with Crippen LogP contribution in [0, 0.1) is 27.9 Å². The van der Waals surface area contributed by atoms with E-state index in [0.29, 0.717) is 17.8 Å². The molecule has 0 aromatic heterocycles. The first-order valence-corrected chi connectivity index (χ1v) is 11.2. The third kappa shape index (κ3) is 9.50. The first-order chi connectivity index (χ1) is 13.8. The van der Waals surface area contributed by atoms with Gasteiger partial charge in [0.05, 0.1) is 10.6 Å². The van der Waals surface area contributed by atoms with Crippen LogP contribution in [0.3, 0.4) is 0 Å². The smallest absolute Gasteiger partial charge is 0.234 e. The Morgan fingerprint density at radius 2 is 1.16 bits per heavy atom. The molecular weight excluding hydrogens is 420 g/mol. The van der Waals surface area contributed by atoms with Gasteiger partial charge in [0, 0.05) is 25.3 Å². The minimum atomic E-state index is -1.02. The average Bonchev–Trinajstić information content (AvgIpc) is 2.46. The van der Waals surface area contributed by atoms with E-state index in [1.54, 1.807) is 0 Å². The number of halogens is 2. The van der Waals surface area contributed by atoms with E-state index >= 15 is 0 Å². The summed E-state index contributed by atoms with van der Waals surface area (Å²) in [5.74, 6) is -3.05. The summed E-state index contributed by atoms with van der Waals surface area (Å²) in [6.07, 6.45) is 0.204. The van der Waals surface area contributed by atoms with Crippen molar-refractivity contribution in [1.82, 2.24) is 0 Å². The number of imide groups is 1. The molecule has 2 amide bonds. The van der Waals surface area contributed by atoms with Crippen LogP contribution in [0.1, 0.15) is 81.6 Å². The topological polar surface area (TPSA) is 54.5 Å². The molecule has 0 fully saturated rings. The van der Waals surface area contributed by atoms with Crippen LogP contribution in [0.5, 0.6) is 0 Å². The molecule has 0 spiro atoms. The molecule has 0 N–H and O–H groups in total. The average molecular weight is 456 g/mol. The molecule has 7 heteroatoms. The van der Waals surface area contributed by atoms with Crippen molar-refractivity contribution in [3.05, 3.63) is 23.8 Å². The van der Waals surface area contributed by atoms with Gasteiger partial charge < -0.3 is 0 Å². The maximum absolute atomic E-state index is 14.8. The van der Waals surface area contributed by atoms with Crippen molar-refractivity contribution in [3.8, 4) is 0 Å². The summed E-state index contributed by atoms with van der Waals surface area (Å²) < 4.78 is 29.2. The summed E-state index contributed by atoms with van der Waals surface area (Å²) >= 11 is 0.657. The van der Waals surface area contributed by atoms with Gasteiger partial charge in [-0.3, -0.25) is 14.4 Å². The Morgan fingerprint density at radius 1 is 0.742 bits per heavy atom. The van der Waals surface area contributed by atoms with Gasteiger partial charge in [-0.15, -0.1) is 0 Å². The molecule has 0 aliphatic carbocycles. The third-order valence-electron chi connectivity index (χ3n) is 4.00. The highest BCUT2D eigenvalue weighted by molar-refractivity contribution is 8.13. The molecule has 0 aliphatic heterocycles. The first kappa shape index (κ1) is 27.3. The molecule has 0 aliphatic rings. The second-order valence-corrected chi connectivity index (χ2v) is 12.6. The van der Waals surface area contributed by atoms with Gasteiger partial charge in [0.25, 0.3) is 0 Å². The quantitative estimate of drug-likeness (QED) is 0.461. The predicted molar refractivity (Wildman–Crippen MR) is 122 cm³/mol. The summed E-state index contributed by atoms with van der Waals surface area (Å²) in [6.45, 7) is 16.7. The molecule has 1 aromatic rings. The number of thioether (sulfide) groups is 1. The molecule has 0 unspecified atom stereocenters. The Hall–Kier alpha value is -1.76. The van der Waals surface area contributed by atoms with Gasteiger partial charge in [0.1, 0.15) is 11.6 Å². The van der Waals surface area contributed by atoms with Crippen molar-refractivity contribution < 1.29 is 23.2 Å². The fraction of sp³-hybridized carbons (Fsp3) is 0.625. The lowest BCUT2D eigenvalue weighted by molar-refractivity contribution is -0.128. The maximum Gasteiger partial charge on any atom is 0.234 e. The number of rotatable bonds is 5. The van der Waals surface area contributed by atoms with E-state index in [9.17, 15) is 23.2 Å². The second kappa shape index (κ2) is 9.80. The Morgan fingerprint density at radius 3 is 1.55 bits per heavy atom. The zero-order valence-electron chi connectivity index (χ0n) is 20.1. The maximum atomic E-state index is 14.8. The zero-order valence-corrected chi connectivity index (χ0v) is 20.9. The van der Waals surface area contributed by atoms with Gasteiger partial charge in [-0.05, 0) is 34.1 Å². The minimum absolute atomic E-state index is 0.00509. The number of carbonyl (C=O) groups excluding carboxylic acids is 3. The Kier molecular flexibility index (Phi) is 8.62. The number of nitrogens with zero attached hydrogens (tertiary/aromatic N) is 1. The van der Waals surface area contributed by atoms with Gasteiger partial charge in [-0.1, -0.05) is 62.3 Å². The van der Waals surface area contributed by atoms with Crippen LogP contribution >= 0.6 is 11.8 Å². The predicted octanol–water partition coefficient (Wildman–Crippen LogP) is 6.75. The van der Waals surface area contributed by atoms with Gasteiger partial charge >= 0.3 is 0 Å². The van der Waals surface area contributed by atoms with E-state index in [1.807, 2.05) is 62.3 Å². The van der Waals surface area contributed by atoms with Crippen molar-refractivity contribution in [2.45, 2.75) is 86.5 Å². The summed E-state index contributed by atoms with van der Waals surface area (Å²) in [6, 6.07) is 1.72. The highest BCUT2D eigenvalue weighted by Gasteiger charge is 2.32. The SMILES string of the molecule is CC(C)(C)CC(=O)Sc1cc(N(C(=O)CC(C)(C)C)C(=O)CC(C)(C)C)c(F)cc1F. The second-order valence-electron chi connectivity index (χ2n) is 11.5. The number of hydrogen-bond donors (Lipinski definition) is 0. The number of carbonyl (C=O) groups is 3. The summed E-state index contributed by atoms with van der Waals surface area (Å²) in [5, 5.41) is -0.280. The number of amides is 2. The lowest BCUT2D eigenvalue weighted by Gasteiger charge is -2.28. The lowest BCUT2D eigenvalue weighted by Crippen LogP contribution is -2.41. The van der Waals surface area contributed by atoms with E-state index in [2.05, 4.69) is 0 Å². The van der Waals surface area contributed by atoms with Crippen molar-refractivity contribution in [2.24, 2.45) is 16.2 Å². The van der Waals surface area contributed by atoms with Crippen LogP contribution in [0.15, 0.2) is 17.0 Å². The number of benzene rings is 1. The molecule has 1 aromatic carbocycles. The Balaban J connectivity index is 3.44. The third-order valence-corrected chi connectivity index (χ3v) is 4.91. The standard InChI is InChI=1S/C24H35F2NO3S/c1-22(2,3)12-19(28)27(20(29)13-23(4,5)6)17-11-18(16(26)10-15(17)25)31-21(30)14-24(7,8)9/h10-11H,12-14H2,1-9H3. The molecule has 0 radical (unpaired) electrons. The van der Waals surface area contributed by atoms with Crippen LogP contribution in [0.25, 0.3) is 0 Å². The molecular formula is C24H35F2NO3S. The van der Waals surface area contributed by atoms with Crippen molar-refractivity contribution >= 4 is 34.4 Å². The van der Waals surface area contributed by atoms with Crippen LogP contribution < -0.4 is 4.90 Å². The van der Waals surface area contributed by atoms with Crippen molar-refractivity contribution in [1.29, 1.82) is 0 Å². The van der Waals surface area contributed by atoms with Crippen LogP contribution in [0.4, 0.5) is 14.5 Å².